The van der Waals surface area contributed by atoms with E-state index in [9.17, 15) is 0 Å². The molecule has 0 unspecified atom stereocenters. The normalized spacial score (nSPS) is 10.6. The minimum atomic E-state index is 0.623. The van der Waals surface area contributed by atoms with Gasteiger partial charge in [-0.25, -0.2) is 0 Å². The number of rotatable bonds is 13. The van der Waals surface area contributed by atoms with Crippen LogP contribution in [0.15, 0.2) is 24.3 Å². The molecule has 0 aliphatic rings. The van der Waals surface area contributed by atoms with Crippen molar-refractivity contribution in [2.45, 2.75) is 46.5 Å². The third-order valence-electron chi connectivity index (χ3n) is 3.56. The van der Waals surface area contributed by atoms with Crippen LogP contribution in [0.2, 0.25) is 0 Å². The first-order valence-corrected chi connectivity index (χ1v) is 9.40. The Morgan fingerprint density at radius 3 is 1.68 bits per heavy atom. The molecule has 4 heteroatoms. The summed E-state index contributed by atoms with van der Waals surface area (Å²) in [4.78, 5) is 0. The molecule has 1 aromatic carbocycles. The maximum atomic E-state index is 5.33. The standard InChI is InChI=1S/C11H24O4.C10H14/c1-3-4-5-13-8-9-15-11-10-14-7-6-12-2;1-8(2)10-6-4-9(3)5-7-10/h3-11H2,1-2H3;4-8H,1-3H3. The molecule has 146 valence electrons. The van der Waals surface area contributed by atoms with Crippen LogP contribution in [0.5, 0.6) is 0 Å². The Morgan fingerprint density at radius 2 is 1.24 bits per heavy atom. The predicted molar refractivity (Wildman–Crippen MR) is 105 cm³/mol. The van der Waals surface area contributed by atoms with Crippen LogP contribution in [0.25, 0.3) is 0 Å². The lowest BCUT2D eigenvalue weighted by atomic mass is 10.0. The molecule has 0 radical (unpaired) electrons. The van der Waals surface area contributed by atoms with Crippen LogP contribution < -0.4 is 0 Å². The van der Waals surface area contributed by atoms with Crippen molar-refractivity contribution >= 4 is 0 Å². The number of methoxy groups -OCH3 is 1. The van der Waals surface area contributed by atoms with E-state index in [4.69, 9.17) is 18.9 Å². The number of hydrogen-bond acceptors (Lipinski definition) is 4. The predicted octanol–water partition coefficient (Wildman–Crippen LogP) is 4.60. The molecule has 1 rings (SSSR count). The van der Waals surface area contributed by atoms with Crippen LogP contribution in [-0.4, -0.2) is 53.4 Å². The lowest BCUT2D eigenvalue weighted by Gasteiger charge is -2.06. The second kappa shape index (κ2) is 17.9. The Morgan fingerprint density at radius 1 is 0.760 bits per heavy atom. The van der Waals surface area contributed by atoms with Gasteiger partial charge in [0, 0.05) is 13.7 Å². The summed E-state index contributed by atoms with van der Waals surface area (Å²) >= 11 is 0. The molecule has 0 saturated carbocycles. The summed E-state index contributed by atoms with van der Waals surface area (Å²) in [6.45, 7) is 13.4. The minimum absolute atomic E-state index is 0.623. The molecule has 0 saturated heterocycles. The number of ether oxygens (including phenoxy) is 4. The first-order valence-electron chi connectivity index (χ1n) is 9.40. The molecular weight excluding hydrogens is 316 g/mol. The Bertz CT molecular complexity index is 364. The fraction of sp³-hybridized carbons (Fsp3) is 0.714. The second-order valence-electron chi connectivity index (χ2n) is 6.25. The SMILES string of the molecule is CCCCOCCOCCOCCOC.Cc1ccc(C(C)C)cc1. The van der Waals surface area contributed by atoms with Crippen molar-refractivity contribution in [1.29, 1.82) is 0 Å². The fourth-order valence-corrected chi connectivity index (χ4v) is 1.88. The van der Waals surface area contributed by atoms with Gasteiger partial charge in [-0.2, -0.15) is 0 Å². The first-order chi connectivity index (χ1) is 12.1. The maximum absolute atomic E-state index is 5.33. The monoisotopic (exact) mass is 354 g/mol. The van der Waals surface area contributed by atoms with Crippen LogP contribution in [0.1, 0.15) is 50.7 Å². The van der Waals surface area contributed by atoms with Crippen LogP contribution in [0, 0.1) is 6.92 Å². The van der Waals surface area contributed by atoms with E-state index in [2.05, 4.69) is 52.0 Å². The third-order valence-corrected chi connectivity index (χ3v) is 3.56. The number of unbranched alkanes of at least 4 members (excludes halogenated alkanes) is 1. The van der Waals surface area contributed by atoms with E-state index in [1.54, 1.807) is 7.11 Å². The van der Waals surface area contributed by atoms with Gasteiger partial charge >= 0.3 is 0 Å². The highest BCUT2D eigenvalue weighted by atomic mass is 16.6. The van der Waals surface area contributed by atoms with Gasteiger partial charge < -0.3 is 18.9 Å². The largest absolute Gasteiger partial charge is 0.382 e. The summed E-state index contributed by atoms with van der Waals surface area (Å²) in [6, 6.07) is 8.71. The summed E-state index contributed by atoms with van der Waals surface area (Å²) in [5.74, 6) is 0.653. The Hall–Kier alpha value is -0.940. The van der Waals surface area contributed by atoms with Crippen molar-refractivity contribution in [3.63, 3.8) is 0 Å². The molecule has 0 aliphatic carbocycles. The summed E-state index contributed by atoms with van der Waals surface area (Å²) in [7, 11) is 1.66. The Kier molecular flexibility index (Phi) is 17.2. The molecule has 0 aliphatic heterocycles. The molecule has 25 heavy (non-hydrogen) atoms. The average molecular weight is 355 g/mol. The Balaban J connectivity index is 0.000000496. The summed E-state index contributed by atoms with van der Waals surface area (Å²) in [6.07, 6.45) is 2.30. The van der Waals surface area contributed by atoms with E-state index in [0.717, 1.165) is 13.0 Å². The van der Waals surface area contributed by atoms with Gasteiger partial charge in [-0.3, -0.25) is 0 Å². The molecule has 0 N–H and O–H groups in total. The molecule has 0 fully saturated rings. The van der Waals surface area contributed by atoms with Gasteiger partial charge in [-0.15, -0.1) is 0 Å². The van der Waals surface area contributed by atoms with E-state index >= 15 is 0 Å². The Labute approximate surface area is 154 Å². The van der Waals surface area contributed by atoms with Gasteiger partial charge in [-0.1, -0.05) is 57.0 Å². The fourth-order valence-electron chi connectivity index (χ4n) is 1.88. The first kappa shape index (κ1) is 24.1. The zero-order valence-electron chi connectivity index (χ0n) is 16.9. The lowest BCUT2D eigenvalue weighted by molar-refractivity contribution is 0.00337. The van der Waals surface area contributed by atoms with Gasteiger partial charge in [0.05, 0.1) is 39.6 Å². The lowest BCUT2D eigenvalue weighted by Crippen LogP contribution is -2.11. The third kappa shape index (κ3) is 16.3. The molecule has 0 heterocycles. The quantitative estimate of drug-likeness (QED) is 0.485. The van der Waals surface area contributed by atoms with Gasteiger partial charge in [0.15, 0.2) is 0 Å². The number of hydrogen-bond donors (Lipinski definition) is 0. The van der Waals surface area contributed by atoms with Crippen LogP contribution >= 0.6 is 0 Å². The van der Waals surface area contributed by atoms with Crippen LogP contribution in [0.3, 0.4) is 0 Å². The van der Waals surface area contributed by atoms with Gasteiger partial charge in [0.2, 0.25) is 0 Å². The molecule has 0 spiro atoms. The van der Waals surface area contributed by atoms with Gasteiger partial charge in [0.1, 0.15) is 0 Å². The van der Waals surface area contributed by atoms with Crippen molar-refractivity contribution in [3.05, 3.63) is 35.4 Å². The van der Waals surface area contributed by atoms with Crippen molar-refractivity contribution in [2.75, 3.05) is 53.4 Å². The highest BCUT2D eigenvalue weighted by Gasteiger charge is 1.95. The van der Waals surface area contributed by atoms with Gasteiger partial charge in [-0.05, 0) is 24.8 Å². The minimum Gasteiger partial charge on any atom is -0.382 e. The van der Waals surface area contributed by atoms with Crippen molar-refractivity contribution < 1.29 is 18.9 Å². The van der Waals surface area contributed by atoms with Crippen LogP contribution in [-0.2, 0) is 18.9 Å². The van der Waals surface area contributed by atoms with E-state index in [-0.39, 0.29) is 0 Å². The molecule has 0 atom stereocenters. The van der Waals surface area contributed by atoms with Gasteiger partial charge in [0.25, 0.3) is 0 Å². The van der Waals surface area contributed by atoms with E-state index in [1.165, 1.54) is 17.5 Å². The number of aryl methyl sites for hydroxylation is 1. The van der Waals surface area contributed by atoms with Crippen molar-refractivity contribution in [3.8, 4) is 0 Å². The summed E-state index contributed by atoms with van der Waals surface area (Å²) in [5, 5.41) is 0. The van der Waals surface area contributed by atoms with E-state index < -0.39 is 0 Å². The van der Waals surface area contributed by atoms with Crippen molar-refractivity contribution in [2.24, 2.45) is 0 Å². The molecular formula is C21H38O4. The highest BCUT2D eigenvalue weighted by Crippen LogP contribution is 2.13. The average Bonchev–Trinajstić information content (AvgIpc) is 2.61. The van der Waals surface area contributed by atoms with E-state index in [1.807, 2.05) is 0 Å². The molecule has 1 aromatic rings. The zero-order valence-corrected chi connectivity index (χ0v) is 16.9. The molecule has 0 aromatic heterocycles. The molecule has 4 nitrogen and oxygen atoms in total. The maximum Gasteiger partial charge on any atom is 0.0701 e. The molecule has 0 amide bonds. The topological polar surface area (TPSA) is 36.9 Å². The second-order valence-corrected chi connectivity index (χ2v) is 6.25. The summed E-state index contributed by atoms with van der Waals surface area (Å²) < 4.78 is 20.7. The zero-order chi connectivity index (χ0) is 18.8. The molecule has 0 bridgehead atoms. The van der Waals surface area contributed by atoms with E-state index in [0.29, 0.717) is 45.6 Å². The smallest absolute Gasteiger partial charge is 0.0701 e. The van der Waals surface area contributed by atoms with Crippen molar-refractivity contribution in [1.82, 2.24) is 0 Å². The highest BCUT2D eigenvalue weighted by molar-refractivity contribution is 5.23. The van der Waals surface area contributed by atoms with Crippen LogP contribution in [0.4, 0.5) is 0 Å². The number of benzene rings is 1. The summed E-state index contributed by atoms with van der Waals surface area (Å²) in [5.41, 5.74) is 2.76.